The van der Waals surface area contributed by atoms with E-state index in [0.29, 0.717) is 46.9 Å². The number of fused-ring (bicyclic) bond motifs is 1. The number of amides is 1. The zero-order chi connectivity index (χ0) is 24.1. The highest BCUT2D eigenvalue weighted by atomic mass is 16.5. The Bertz CT molecular complexity index is 1060. The van der Waals surface area contributed by atoms with E-state index in [-0.39, 0.29) is 5.91 Å². The molecular weight excluding hydrogens is 432 g/mol. The number of anilines is 1. The molecule has 34 heavy (non-hydrogen) atoms. The predicted molar refractivity (Wildman–Crippen MR) is 133 cm³/mol. The molecule has 0 aliphatic carbocycles. The molecule has 0 bridgehead atoms. The van der Waals surface area contributed by atoms with Crippen molar-refractivity contribution in [2.45, 2.75) is 51.2 Å². The van der Waals surface area contributed by atoms with Gasteiger partial charge in [-0.05, 0) is 76.1 Å². The second-order valence-corrected chi connectivity index (χ2v) is 9.20. The minimum absolute atomic E-state index is 0.281. The molecule has 7 nitrogen and oxygen atoms in total. The summed E-state index contributed by atoms with van der Waals surface area (Å²) >= 11 is 0. The lowest BCUT2D eigenvalue weighted by Crippen LogP contribution is -2.35. The maximum Gasteiger partial charge on any atom is 0.259 e. The summed E-state index contributed by atoms with van der Waals surface area (Å²) in [5.41, 5.74) is 1.38. The Morgan fingerprint density at radius 2 is 2.00 bits per heavy atom. The first-order valence-electron chi connectivity index (χ1n) is 11.8. The number of rotatable bonds is 8. The summed E-state index contributed by atoms with van der Waals surface area (Å²) in [4.78, 5) is 13.1. The van der Waals surface area contributed by atoms with Crippen LogP contribution in [0, 0.1) is 0 Å². The quantitative estimate of drug-likeness (QED) is 0.567. The van der Waals surface area contributed by atoms with E-state index in [0.717, 1.165) is 18.5 Å². The third-order valence-corrected chi connectivity index (χ3v) is 6.19. The molecule has 0 saturated carbocycles. The summed E-state index contributed by atoms with van der Waals surface area (Å²) in [6, 6.07) is 9.43. The van der Waals surface area contributed by atoms with Gasteiger partial charge in [-0.2, -0.15) is 0 Å². The van der Waals surface area contributed by atoms with E-state index in [4.69, 9.17) is 18.9 Å². The van der Waals surface area contributed by atoms with Crippen LogP contribution in [0.25, 0.3) is 6.08 Å². The first kappa shape index (κ1) is 24.0. The molecule has 4 rings (SSSR count). The molecule has 0 spiro atoms. The molecule has 1 saturated heterocycles. The molecule has 2 aliphatic rings. The van der Waals surface area contributed by atoms with E-state index < -0.39 is 5.60 Å². The second kappa shape index (κ2) is 10.4. The number of hydrogen-bond acceptors (Lipinski definition) is 6. The lowest BCUT2D eigenvalue weighted by atomic mass is 9.99. The molecule has 0 aromatic heterocycles. The monoisotopic (exact) mass is 466 g/mol. The fraction of sp³-hybridized carbons (Fsp3) is 0.444. The fourth-order valence-corrected chi connectivity index (χ4v) is 4.37. The number of piperidine rings is 1. The summed E-state index contributed by atoms with van der Waals surface area (Å²) < 4.78 is 23.1. The highest BCUT2D eigenvalue weighted by Crippen LogP contribution is 2.39. The van der Waals surface area contributed by atoms with Crippen LogP contribution in [0.1, 0.15) is 55.5 Å². The van der Waals surface area contributed by atoms with Crippen LogP contribution in [0.4, 0.5) is 5.69 Å². The molecule has 1 fully saturated rings. The number of benzene rings is 2. The van der Waals surface area contributed by atoms with Crippen molar-refractivity contribution < 1.29 is 23.7 Å². The molecule has 2 N–H and O–H groups in total. The molecule has 2 aliphatic heterocycles. The van der Waals surface area contributed by atoms with E-state index in [9.17, 15) is 4.79 Å². The Balaban J connectivity index is 1.45. The first-order valence-corrected chi connectivity index (χ1v) is 11.8. The maximum absolute atomic E-state index is 13.1. The van der Waals surface area contributed by atoms with Crippen LogP contribution in [-0.4, -0.2) is 44.9 Å². The lowest BCUT2D eigenvalue weighted by Gasteiger charge is -2.29. The third kappa shape index (κ3) is 5.47. The number of methoxy groups -OCH3 is 2. The maximum atomic E-state index is 13.1. The van der Waals surface area contributed by atoms with Crippen LogP contribution in [-0.2, 0) is 0 Å². The summed E-state index contributed by atoms with van der Waals surface area (Å²) in [5, 5.41) is 6.47. The SMILES string of the molecule is COc1cc(NC(=O)c2ccc3c(c2OC)C=CC(C)(C)O3)ccc1OCCC1CCCCN1. The Hall–Kier alpha value is -3.19. The van der Waals surface area contributed by atoms with Crippen molar-refractivity contribution in [2.24, 2.45) is 0 Å². The van der Waals surface area contributed by atoms with Crippen LogP contribution in [0.2, 0.25) is 0 Å². The van der Waals surface area contributed by atoms with E-state index >= 15 is 0 Å². The number of nitrogens with one attached hydrogen (secondary N) is 2. The Labute approximate surface area is 201 Å². The summed E-state index contributed by atoms with van der Waals surface area (Å²) in [6.07, 6.45) is 8.55. The van der Waals surface area contributed by atoms with Gasteiger partial charge >= 0.3 is 0 Å². The van der Waals surface area contributed by atoms with Crippen LogP contribution in [0.5, 0.6) is 23.0 Å². The molecule has 1 atom stereocenters. The second-order valence-electron chi connectivity index (χ2n) is 9.20. The van der Waals surface area contributed by atoms with E-state index in [1.165, 1.54) is 19.3 Å². The van der Waals surface area contributed by atoms with Gasteiger partial charge in [0.1, 0.15) is 17.1 Å². The largest absolute Gasteiger partial charge is 0.495 e. The number of carbonyl (C=O) groups excluding carboxylic acids is 1. The predicted octanol–water partition coefficient (Wildman–Crippen LogP) is 5.05. The molecular formula is C27H34N2O5. The highest BCUT2D eigenvalue weighted by Gasteiger charge is 2.26. The minimum atomic E-state index is -0.408. The van der Waals surface area contributed by atoms with Gasteiger partial charge in [0, 0.05) is 17.8 Å². The smallest absolute Gasteiger partial charge is 0.259 e. The highest BCUT2D eigenvalue weighted by molar-refractivity contribution is 6.07. The zero-order valence-corrected chi connectivity index (χ0v) is 20.4. The van der Waals surface area contributed by atoms with Gasteiger partial charge in [-0.3, -0.25) is 4.79 Å². The van der Waals surface area contributed by atoms with Crippen molar-refractivity contribution in [1.82, 2.24) is 5.32 Å². The Morgan fingerprint density at radius 1 is 1.15 bits per heavy atom. The summed E-state index contributed by atoms with van der Waals surface area (Å²) in [7, 11) is 3.15. The fourth-order valence-electron chi connectivity index (χ4n) is 4.37. The average molecular weight is 467 g/mol. The Morgan fingerprint density at radius 3 is 2.74 bits per heavy atom. The lowest BCUT2D eigenvalue weighted by molar-refractivity contribution is 0.102. The van der Waals surface area contributed by atoms with E-state index in [1.54, 1.807) is 32.4 Å². The molecule has 2 aromatic carbocycles. The third-order valence-electron chi connectivity index (χ3n) is 6.19. The molecule has 2 heterocycles. The molecule has 1 unspecified atom stereocenters. The summed E-state index contributed by atoms with van der Waals surface area (Å²) in [6.45, 7) is 5.65. The molecule has 2 aromatic rings. The van der Waals surface area contributed by atoms with Crippen molar-refractivity contribution in [3.05, 3.63) is 47.5 Å². The van der Waals surface area contributed by atoms with Gasteiger partial charge in [0.25, 0.3) is 5.91 Å². The zero-order valence-electron chi connectivity index (χ0n) is 20.4. The molecule has 0 radical (unpaired) electrons. The summed E-state index contributed by atoms with van der Waals surface area (Å²) in [5.74, 6) is 2.12. The normalized spacial score (nSPS) is 18.4. The standard InChI is InChI=1S/C27H34N2O5/c1-27(2)14-12-20-22(34-27)11-9-21(25(20)32-4)26(30)29-19-8-10-23(24(17-19)31-3)33-16-13-18-7-5-6-15-28-18/h8-12,14,17-18,28H,5-7,13,15-16H2,1-4H3,(H,29,30). The van der Waals surface area contributed by atoms with Gasteiger partial charge in [-0.15, -0.1) is 0 Å². The van der Waals surface area contributed by atoms with Gasteiger partial charge in [-0.1, -0.05) is 6.42 Å². The van der Waals surface area contributed by atoms with Crippen molar-refractivity contribution in [2.75, 3.05) is 32.7 Å². The van der Waals surface area contributed by atoms with Crippen LogP contribution in [0.15, 0.2) is 36.4 Å². The Kier molecular flexibility index (Phi) is 7.32. The van der Waals surface area contributed by atoms with Gasteiger partial charge < -0.3 is 29.6 Å². The number of ether oxygens (including phenoxy) is 4. The number of carbonyl (C=O) groups is 1. The van der Waals surface area contributed by atoms with Crippen molar-refractivity contribution >= 4 is 17.7 Å². The van der Waals surface area contributed by atoms with E-state index in [2.05, 4.69) is 10.6 Å². The van der Waals surface area contributed by atoms with Gasteiger partial charge in [-0.25, -0.2) is 0 Å². The van der Waals surface area contributed by atoms with Crippen LogP contribution < -0.4 is 29.6 Å². The molecule has 1 amide bonds. The molecule has 7 heteroatoms. The minimum Gasteiger partial charge on any atom is -0.495 e. The van der Waals surface area contributed by atoms with Gasteiger partial charge in [0.15, 0.2) is 11.5 Å². The van der Waals surface area contributed by atoms with Crippen LogP contribution in [0.3, 0.4) is 0 Å². The van der Waals surface area contributed by atoms with Crippen LogP contribution >= 0.6 is 0 Å². The molecule has 182 valence electrons. The van der Waals surface area contributed by atoms with Gasteiger partial charge in [0.05, 0.1) is 32.0 Å². The van der Waals surface area contributed by atoms with Crippen molar-refractivity contribution in [3.63, 3.8) is 0 Å². The van der Waals surface area contributed by atoms with Crippen molar-refractivity contribution in [1.29, 1.82) is 0 Å². The topological polar surface area (TPSA) is 78.1 Å². The van der Waals surface area contributed by atoms with Crippen molar-refractivity contribution in [3.8, 4) is 23.0 Å². The van der Waals surface area contributed by atoms with Gasteiger partial charge in [0.2, 0.25) is 0 Å². The van der Waals surface area contributed by atoms with E-state index in [1.807, 2.05) is 38.1 Å². The average Bonchev–Trinajstić information content (AvgIpc) is 2.84. The number of hydrogen-bond donors (Lipinski definition) is 2. The first-order chi connectivity index (χ1) is 16.4.